The van der Waals surface area contributed by atoms with Crippen LogP contribution in [0.15, 0.2) is 76.9 Å². The fourth-order valence-electron chi connectivity index (χ4n) is 2.61. The minimum atomic E-state index is -3.87. The average Bonchev–Trinajstić information content (AvgIpc) is 2.76. The number of sulfonamides is 1. The summed E-state index contributed by atoms with van der Waals surface area (Å²) in [7, 11) is -3.87. The molecular formula is C21H19FN6O2S. The third-order valence-corrected chi connectivity index (χ3v) is 5.62. The van der Waals surface area contributed by atoms with Gasteiger partial charge in [0.05, 0.1) is 10.6 Å². The maximum Gasteiger partial charge on any atom is 0.261 e. The highest BCUT2D eigenvalue weighted by Gasteiger charge is 2.15. The lowest BCUT2D eigenvalue weighted by atomic mass is 10.2. The SMILES string of the molecule is Cc1ccc(F)cc1NS(=O)(=O)c1ccc(CN/C(=N\C#N)Nc2ccncc2)cc1. The van der Waals surface area contributed by atoms with E-state index in [1.54, 1.807) is 49.8 Å². The minimum Gasteiger partial charge on any atom is -0.351 e. The fourth-order valence-corrected chi connectivity index (χ4v) is 3.74. The number of nitrogens with one attached hydrogen (secondary N) is 3. The van der Waals surface area contributed by atoms with Crippen LogP contribution in [-0.2, 0) is 16.6 Å². The van der Waals surface area contributed by atoms with E-state index in [1.807, 2.05) is 0 Å². The highest BCUT2D eigenvalue weighted by molar-refractivity contribution is 7.92. The molecular weight excluding hydrogens is 419 g/mol. The van der Waals surface area contributed by atoms with Gasteiger partial charge in [-0.15, -0.1) is 4.99 Å². The number of hydrogen-bond acceptors (Lipinski definition) is 5. The van der Waals surface area contributed by atoms with Crippen molar-refractivity contribution < 1.29 is 12.8 Å². The van der Waals surface area contributed by atoms with Gasteiger partial charge in [0.15, 0.2) is 0 Å². The van der Waals surface area contributed by atoms with Crippen LogP contribution < -0.4 is 15.4 Å². The van der Waals surface area contributed by atoms with Crippen LogP contribution in [0.4, 0.5) is 15.8 Å². The van der Waals surface area contributed by atoms with Gasteiger partial charge in [0.2, 0.25) is 12.2 Å². The smallest absolute Gasteiger partial charge is 0.261 e. The number of hydrogen-bond donors (Lipinski definition) is 3. The summed E-state index contributed by atoms with van der Waals surface area (Å²) in [6.45, 7) is 1.99. The van der Waals surface area contributed by atoms with E-state index in [9.17, 15) is 12.8 Å². The van der Waals surface area contributed by atoms with Crippen molar-refractivity contribution in [2.75, 3.05) is 10.0 Å². The summed E-state index contributed by atoms with van der Waals surface area (Å²) in [5.74, 6) is -0.284. The van der Waals surface area contributed by atoms with Gasteiger partial charge in [-0.2, -0.15) is 5.26 Å². The Hall–Kier alpha value is -3.97. The predicted molar refractivity (Wildman–Crippen MR) is 116 cm³/mol. The Morgan fingerprint density at radius 3 is 2.52 bits per heavy atom. The first-order chi connectivity index (χ1) is 14.9. The van der Waals surface area contributed by atoms with Gasteiger partial charge in [-0.3, -0.25) is 9.71 Å². The Morgan fingerprint density at radius 1 is 1.13 bits per heavy atom. The molecule has 0 aliphatic heterocycles. The van der Waals surface area contributed by atoms with E-state index < -0.39 is 15.8 Å². The molecule has 31 heavy (non-hydrogen) atoms. The summed E-state index contributed by atoms with van der Waals surface area (Å²) in [6.07, 6.45) is 4.92. The average molecular weight is 438 g/mol. The van der Waals surface area contributed by atoms with Gasteiger partial charge < -0.3 is 10.6 Å². The van der Waals surface area contributed by atoms with Crippen molar-refractivity contribution in [2.24, 2.45) is 4.99 Å². The molecule has 158 valence electrons. The molecule has 0 amide bonds. The molecule has 2 aromatic carbocycles. The van der Waals surface area contributed by atoms with Gasteiger partial charge in [0, 0.05) is 24.6 Å². The second-order valence-electron chi connectivity index (χ2n) is 6.48. The summed E-state index contributed by atoms with van der Waals surface area (Å²) in [5, 5.41) is 14.8. The molecule has 0 saturated heterocycles. The van der Waals surface area contributed by atoms with Crippen LogP contribution in [0.2, 0.25) is 0 Å². The fraction of sp³-hybridized carbons (Fsp3) is 0.0952. The summed E-state index contributed by atoms with van der Waals surface area (Å²) < 4.78 is 41.1. The highest BCUT2D eigenvalue weighted by Crippen LogP contribution is 2.21. The van der Waals surface area contributed by atoms with Crippen LogP contribution in [0.25, 0.3) is 0 Å². The maximum absolute atomic E-state index is 13.4. The molecule has 0 radical (unpaired) electrons. The van der Waals surface area contributed by atoms with Crippen LogP contribution in [-0.4, -0.2) is 19.4 Å². The van der Waals surface area contributed by atoms with Crippen LogP contribution in [0.5, 0.6) is 0 Å². The number of nitriles is 1. The van der Waals surface area contributed by atoms with Crippen molar-refractivity contribution in [3.8, 4) is 6.19 Å². The van der Waals surface area contributed by atoms with Crippen LogP contribution in [0.1, 0.15) is 11.1 Å². The number of aliphatic imine (C=N–C) groups is 1. The third-order valence-electron chi connectivity index (χ3n) is 4.24. The Labute approximate surface area is 179 Å². The zero-order chi connectivity index (χ0) is 22.3. The molecule has 1 aromatic heterocycles. The number of nitrogens with zero attached hydrogens (tertiary/aromatic N) is 3. The van der Waals surface area contributed by atoms with E-state index in [1.165, 1.54) is 24.3 Å². The molecule has 10 heteroatoms. The number of guanidine groups is 1. The number of aromatic nitrogens is 1. The van der Waals surface area contributed by atoms with Crippen LogP contribution >= 0.6 is 0 Å². The number of anilines is 2. The van der Waals surface area contributed by atoms with Crippen molar-refractivity contribution in [2.45, 2.75) is 18.4 Å². The molecule has 0 spiro atoms. The Balaban J connectivity index is 1.67. The highest BCUT2D eigenvalue weighted by atomic mass is 32.2. The van der Waals surface area contributed by atoms with Crippen molar-refractivity contribution in [3.05, 3.63) is 83.9 Å². The molecule has 3 rings (SSSR count). The topological polar surface area (TPSA) is 119 Å². The maximum atomic E-state index is 13.4. The second-order valence-corrected chi connectivity index (χ2v) is 8.17. The third kappa shape index (κ3) is 6.01. The number of pyridine rings is 1. The van der Waals surface area contributed by atoms with Gasteiger partial charge in [-0.1, -0.05) is 18.2 Å². The van der Waals surface area contributed by atoms with Crippen molar-refractivity contribution in [1.82, 2.24) is 10.3 Å². The van der Waals surface area contributed by atoms with Crippen molar-refractivity contribution >= 4 is 27.4 Å². The molecule has 0 fully saturated rings. The predicted octanol–water partition coefficient (Wildman–Crippen LogP) is 3.37. The first kappa shape index (κ1) is 21.7. The van der Waals surface area contributed by atoms with Gasteiger partial charge in [0.1, 0.15) is 5.82 Å². The first-order valence-corrected chi connectivity index (χ1v) is 10.6. The van der Waals surface area contributed by atoms with Gasteiger partial charge in [0.25, 0.3) is 10.0 Å². The van der Waals surface area contributed by atoms with Gasteiger partial charge in [-0.05, 0) is 54.4 Å². The number of rotatable bonds is 6. The van der Waals surface area contributed by atoms with Crippen LogP contribution in [0.3, 0.4) is 0 Å². The van der Waals surface area contributed by atoms with E-state index in [0.29, 0.717) is 17.8 Å². The molecule has 1 heterocycles. The lowest BCUT2D eigenvalue weighted by Crippen LogP contribution is -2.30. The largest absolute Gasteiger partial charge is 0.351 e. The molecule has 8 nitrogen and oxygen atoms in total. The van der Waals surface area contributed by atoms with Gasteiger partial charge in [-0.25, -0.2) is 12.8 Å². The van der Waals surface area contributed by atoms with Gasteiger partial charge >= 0.3 is 0 Å². The quantitative estimate of drug-likeness (QED) is 0.308. The Bertz CT molecular complexity index is 1220. The standard InChI is InChI=1S/C21H19FN6O2S/c1-15-2-5-17(22)12-20(15)28-31(29,30)19-6-3-16(4-7-19)13-25-21(26-14-23)27-18-8-10-24-11-9-18/h2-12,28H,13H2,1H3,(H2,24,25,26,27). The Morgan fingerprint density at radius 2 is 1.84 bits per heavy atom. The first-order valence-electron chi connectivity index (χ1n) is 9.13. The van der Waals surface area contributed by atoms with E-state index in [-0.39, 0.29) is 16.5 Å². The van der Waals surface area contributed by atoms with Crippen LogP contribution in [0, 0.1) is 24.2 Å². The molecule has 0 unspecified atom stereocenters. The lowest BCUT2D eigenvalue weighted by molar-refractivity contribution is 0.601. The lowest BCUT2D eigenvalue weighted by Gasteiger charge is -2.12. The molecule has 0 aliphatic rings. The summed E-state index contributed by atoms with van der Waals surface area (Å²) in [5.41, 5.74) is 2.27. The van der Waals surface area contributed by atoms with E-state index >= 15 is 0 Å². The van der Waals surface area contributed by atoms with E-state index in [2.05, 4.69) is 25.3 Å². The summed E-state index contributed by atoms with van der Waals surface area (Å²) >= 11 is 0. The number of aryl methyl sites for hydroxylation is 1. The zero-order valence-corrected chi connectivity index (χ0v) is 17.3. The minimum absolute atomic E-state index is 0.0423. The van der Waals surface area contributed by atoms with Crippen molar-refractivity contribution in [1.29, 1.82) is 5.26 Å². The molecule has 3 aromatic rings. The number of halogens is 1. The molecule has 3 N–H and O–H groups in total. The monoisotopic (exact) mass is 438 g/mol. The molecule has 0 atom stereocenters. The molecule has 0 bridgehead atoms. The second kappa shape index (κ2) is 9.69. The Kier molecular flexibility index (Phi) is 6.79. The van der Waals surface area contributed by atoms with E-state index in [0.717, 1.165) is 11.6 Å². The molecule has 0 aliphatic carbocycles. The normalized spacial score (nSPS) is 11.5. The van der Waals surface area contributed by atoms with E-state index in [4.69, 9.17) is 5.26 Å². The number of benzene rings is 2. The van der Waals surface area contributed by atoms with Crippen molar-refractivity contribution in [3.63, 3.8) is 0 Å². The molecule has 0 saturated carbocycles. The summed E-state index contributed by atoms with van der Waals surface area (Å²) in [4.78, 5) is 7.66. The zero-order valence-electron chi connectivity index (χ0n) is 16.5. The summed E-state index contributed by atoms with van der Waals surface area (Å²) in [6, 6.07) is 13.5.